The number of aliphatic hydroxyl groups is 1. The molecular weight excluding hydrogens is 371 g/mol. The van der Waals surface area contributed by atoms with Gasteiger partial charge < -0.3 is 24.9 Å². The number of nitrogen functional groups attached to an aromatic ring is 1. The van der Waals surface area contributed by atoms with E-state index in [2.05, 4.69) is 27.7 Å². The van der Waals surface area contributed by atoms with Crippen molar-refractivity contribution < 1.29 is 19.0 Å². The maximum atomic E-state index is 14.2. The van der Waals surface area contributed by atoms with Gasteiger partial charge in [-0.3, -0.25) is 0 Å². The van der Waals surface area contributed by atoms with Gasteiger partial charge in [0.1, 0.15) is 5.82 Å². The van der Waals surface area contributed by atoms with Crippen LogP contribution in [0.2, 0.25) is 0 Å². The first kappa shape index (κ1) is 23.6. The second kappa shape index (κ2) is 11.0. The molecule has 1 aromatic carbocycles. The Balaban J connectivity index is 2.29. The molecule has 0 radical (unpaired) electrons. The molecule has 0 aliphatic carbocycles. The van der Waals surface area contributed by atoms with E-state index < -0.39 is 11.9 Å². The van der Waals surface area contributed by atoms with E-state index in [1.807, 2.05) is 10.6 Å². The van der Waals surface area contributed by atoms with Crippen LogP contribution in [0.5, 0.6) is 0 Å². The molecule has 5 nitrogen and oxygen atoms in total. The lowest BCUT2D eigenvalue weighted by molar-refractivity contribution is 0.0262. The van der Waals surface area contributed by atoms with E-state index in [4.69, 9.17) is 15.2 Å². The summed E-state index contributed by atoms with van der Waals surface area (Å²) in [5.74, 6) is -0.450. The Morgan fingerprint density at radius 2 is 1.76 bits per heavy atom. The van der Waals surface area contributed by atoms with Gasteiger partial charge in [0, 0.05) is 35.8 Å². The summed E-state index contributed by atoms with van der Waals surface area (Å²) in [6.45, 7) is 10.9. The molecule has 2 aromatic rings. The van der Waals surface area contributed by atoms with Crippen LogP contribution in [0.3, 0.4) is 0 Å². The standard InChI is InChI=1S/C23H37FN2O3/c1-5-7-9-28-15-18(27)14-26-21-13-19(24)20(25)11-17(21)12-22(26)23(3,4)16-29-10-8-6-2/h11-13,18,27H,5-10,14-16,25H2,1-4H3. The number of nitrogens with zero attached hydrogens (tertiary/aromatic N) is 1. The highest BCUT2D eigenvalue weighted by molar-refractivity contribution is 5.85. The molecule has 0 saturated carbocycles. The minimum atomic E-state index is -0.682. The Morgan fingerprint density at radius 1 is 1.10 bits per heavy atom. The van der Waals surface area contributed by atoms with Crippen LogP contribution in [0.1, 0.15) is 59.1 Å². The van der Waals surface area contributed by atoms with Crippen LogP contribution in [0.25, 0.3) is 10.9 Å². The number of fused-ring (bicyclic) bond motifs is 1. The molecule has 0 aliphatic heterocycles. The molecule has 1 unspecified atom stereocenters. The summed E-state index contributed by atoms with van der Waals surface area (Å²) in [4.78, 5) is 0. The third-order valence-electron chi connectivity index (χ3n) is 5.16. The number of hydrogen-bond donors (Lipinski definition) is 2. The van der Waals surface area contributed by atoms with Gasteiger partial charge in [-0.05, 0) is 25.0 Å². The van der Waals surface area contributed by atoms with Gasteiger partial charge in [0.15, 0.2) is 0 Å². The van der Waals surface area contributed by atoms with Crippen molar-refractivity contribution in [3.05, 3.63) is 29.7 Å². The Bertz CT molecular complexity index is 773. The highest BCUT2D eigenvalue weighted by atomic mass is 19.1. The summed E-state index contributed by atoms with van der Waals surface area (Å²) < 4.78 is 27.6. The molecule has 1 aromatic heterocycles. The predicted molar refractivity (Wildman–Crippen MR) is 117 cm³/mol. The van der Waals surface area contributed by atoms with Crippen molar-refractivity contribution in [3.8, 4) is 0 Å². The van der Waals surface area contributed by atoms with Crippen LogP contribution >= 0.6 is 0 Å². The number of halogens is 1. The maximum absolute atomic E-state index is 14.2. The molecule has 0 fully saturated rings. The molecular formula is C23H37FN2O3. The SMILES string of the molecule is CCCCOCC(O)Cn1c(C(C)(C)COCCCC)cc2cc(N)c(F)cc21. The maximum Gasteiger partial charge on any atom is 0.148 e. The van der Waals surface area contributed by atoms with Crippen molar-refractivity contribution >= 4 is 16.6 Å². The average Bonchev–Trinajstić information content (AvgIpc) is 3.01. The third kappa shape index (κ3) is 6.43. The summed E-state index contributed by atoms with van der Waals surface area (Å²) in [7, 11) is 0. The summed E-state index contributed by atoms with van der Waals surface area (Å²) in [6.07, 6.45) is 3.45. The number of rotatable bonds is 13. The van der Waals surface area contributed by atoms with Crippen molar-refractivity contribution in [3.63, 3.8) is 0 Å². The molecule has 2 rings (SSSR count). The summed E-state index contributed by atoms with van der Waals surface area (Å²) in [5, 5.41) is 11.4. The van der Waals surface area contributed by atoms with Crippen molar-refractivity contribution in [1.82, 2.24) is 4.57 Å². The highest BCUT2D eigenvalue weighted by Gasteiger charge is 2.27. The molecule has 1 atom stereocenters. The van der Waals surface area contributed by atoms with E-state index in [1.165, 1.54) is 6.07 Å². The first-order chi connectivity index (χ1) is 13.8. The number of aromatic nitrogens is 1. The number of unbranched alkanes of at least 4 members (excludes halogenated alkanes) is 2. The summed E-state index contributed by atoms with van der Waals surface area (Å²) in [6, 6.07) is 5.13. The van der Waals surface area contributed by atoms with Gasteiger partial charge in [-0.15, -0.1) is 0 Å². The first-order valence-corrected chi connectivity index (χ1v) is 10.7. The van der Waals surface area contributed by atoms with Crippen LogP contribution in [0, 0.1) is 5.82 Å². The summed E-state index contributed by atoms with van der Waals surface area (Å²) in [5.41, 5.74) is 7.32. The first-order valence-electron chi connectivity index (χ1n) is 10.7. The zero-order valence-corrected chi connectivity index (χ0v) is 18.3. The molecule has 3 N–H and O–H groups in total. The van der Waals surface area contributed by atoms with Crippen LogP contribution in [-0.4, -0.2) is 42.2 Å². The number of anilines is 1. The van der Waals surface area contributed by atoms with Crippen molar-refractivity contribution in [2.24, 2.45) is 0 Å². The molecule has 0 saturated heterocycles. The van der Waals surface area contributed by atoms with Crippen LogP contribution in [0.4, 0.5) is 10.1 Å². The van der Waals surface area contributed by atoms with Crippen LogP contribution < -0.4 is 5.73 Å². The summed E-state index contributed by atoms with van der Waals surface area (Å²) >= 11 is 0. The molecule has 0 amide bonds. The lowest BCUT2D eigenvalue weighted by Gasteiger charge is -2.28. The number of aliphatic hydroxyl groups excluding tert-OH is 1. The second-order valence-electron chi connectivity index (χ2n) is 8.45. The minimum absolute atomic E-state index is 0.127. The Labute approximate surface area is 174 Å². The second-order valence-corrected chi connectivity index (χ2v) is 8.45. The van der Waals surface area contributed by atoms with Gasteiger partial charge in [-0.2, -0.15) is 0 Å². The van der Waals surface area contributed by atoms with Crippen LogP contribution in [-0.2, 0) is 21.4 Å². The zero-order chi connectivity index (χ0) is 21.4. The van der Waals surface area contributed by atoms with Gasteiger partial charge in [-0.25, -0.2) is 4.39 Å². The van der Waals surface area contributed by atoms with E-state index in [1.54, 1.807) is 6.07 Å². The molecule has 0 spiro atoms. The van der Waals surface area contributed by atoms with Gasteiger partial charge in [-0.1, -0.05) is 40.5 Å². The normalized spacial score (nSPS) is 13.3. The van der Waals surface area contributed by atoms with Gasteiger partial charge in [0.25, 0.3) is 0 Å². The van der Waals surface area contributed by atoms with Crippen molar-refractivity contribution in [2.45, 2.75) is 71.4 Å². The monoisotopic (exact) mass is 408 g/mol. The molecule has 164 valence electrons. The van der Waals surface area contributed by atoms with Crippen molar-refractivity contribution in [1.29, 1.82) is 0 Å². The quantitative estimate of drug-likeness (QED) is 0.374. The lowest BCUT2D eigenvalue weighted by Crippen LogP contribution is -2.31. The number of benzene rings is 1. The Kier molecular flexibility index (Phi) is 8.93. The van der Waals surface area contributed by atoms with Crippen LogP contribution in [0.15, 0.2) is 18.2 Å². The molecule has 0 aliphatic rings. The van der Waals surface area contributed by atoms with E-state index in [0.29, 0.717) is 19.8 Å². The fourth-order valence-electron chi connectivity index (χ4n) is 3.44. The molecule has 29 heavy (non-hydrogen) atoms. The van der Waals surface area contributed by atoms with Gasteiger partial charge >= 0.3 is 0 Å². The number of hydrogen-bond acceptors (Lipinski definition) is 4. The van der Waals surface area contributed by atoms with Gasteiger partial charge in [0.05, 0.1) is 37.1 Å². The highest BCUT2D eigenvalue weighted by Crippen LogP contribution is 2.32. The molecule has 0 bridgehead atoms. The lowest BCUT2D eigenvalue weighted by atomic mass is 9.90. The van der Waals surface area contributed by atoms with E-state index in [0.717, 1.165) is 48.9 Å². The van der Waals surface area contributed by atoms with E-state index >= 15 is 0 Å². The fourth-order valence-corrected chi connectivity index (χ4v) is 3.44. The van der Waals surface area contributed by atoms with E-state index in [-0.39, 0.29) is 17.7 Å². The predicted octanol–water partition coefficient (Wildman–Crippen LogP) is 4.63. The minimum Gasteiger partial charge on any atom is -0.396 e. The smallest absolute Gasteiger partial charge is 0.148 e. The van der Waals surface area contributed by atoms with Gasteiger partial charge in [0.2, 0.25) is 0 Å². The fraction of sp³-hybridized carbons (Fsp3) is 0.652. The third-order valence-corrected chi connectivity index (χ3v) is 5.16. The number of nitrogens with two attached hydrogens (primary N) is 1. The topological polar surface area (TPSA) is 69.6 Å². The molecule has 1 heterocycles. The Hall–Kier alpha value is -1.63. The molecule has 6 heteroatoms. The van der Waals surface area contributed by atoms with E-state index in [9.17, 15) is 9.50 Å². The Morgan fingerprint density at radius 3 is 2.41 bits per heavy atom. The largest absolute Gasteiger partial charge is 0.396 e. The van der Waals surface area contributed by atoms with Crippen molar-refractivity contribution in [2.75, 3.05) is 32.2 Å². The number of ether oxygens (including phenoxy) is 2. The average molecular weight is 409 g/mol. The zero-order valence-electron chi connectivity index (χ0n) is 18.3.